The molecule has 0 unspecified atom stereocenters. The Kier molecular flexibility index (Phi) is 4.06. The van der Waals surface area contributed by atoms with Gasteiger partial charge in [-0.2, -0.15) is 5.10 Å². The third kappa shape index (κ3) is 3.00. The molecule has 1 aromatic carbocycles. The van der Waals surface area contributed by atoms with Crippen LogP contribution in [0.3, 0.4) is 0 Å². The highest BCUT2D eigenvalue weighted by Crippen LogP contribution is 2.26. The van der Waals surface area contributed by atoms with Crippen LogP contribution in [0, 0.1) is 6.92 Å². The third-order valence-electron chi connectivity index (χ3n) is 4.46. The van der Waals surface area contributed by atoms with E-state index in [9.17, 15) is 0 Å². The van der Waals surface area contributed by atoms with E-state index in [1.54, 1.807) is 0 Å². The summed E-state index contributed by atoms with van der Waals surface area (Å²) in [6, 6.07) is 9.30. The first-order valence-corrected chi connectivity index (χ1v) is 7.87. The Morgan fingerprint density at radius 2 is 1.71 bits per heavy atom. The molecule has 0 radical (unpaired) electrons. The standard InChI is InChI=1S/C17H24N4/c1-13(21-11-5-4-6-12-21)15-7-9-16(10-8-15)17-18-14(2)19-20(17)3/h7-10,13H,4-6,11-12H2,1-3H3/t13-/m1/s1. The SMILES string of the molecule is Cc1nc(-c2ccc([C@@H](C)N3CCCCC3)cc2)n(C)n1. The molecule has 4 heteroatoms. The zero-order chi connectivity index (χ0) is 14.8. The number of piperidine rings is 1. The lowest BCUT2D eigenvalue weighted by molar-refractivity contribution is 0.175. The van der Waals surface area contributed by atoms with Gasteiger partial charge in [0.1, 0.15) is 5.82 Å². The quantitative estimate of drug-likeness (QED) is 0.867. The van der Waals surface area contributed by atoms with Crippen LogP contribution in [0.4, 0.5) is 0 Å². The van der Waals surface area contributed by atoms with Gasteiger partial charge in [0.2, 0.25) is 0 Å². The van der Waals surface area contributed by atoms with E-state index < -0.39 is 0 Å². The fourth-order valence-corrected chi connectivity index (χ4v) is 3.19. The summed E-state index contributed by atoms with van der Waals surface area (Å²) in [5, 5.41) is 4.32. The highest BCUT2D eigenvalue weighted by Gasteiger charge is 2.18. The molecule has 1 aliphatic rings. The van der Waals surface area contributed by atoms with Gasteiger partial charge in [-0.25, -0.2) is 9.67 Å². The Bertz CT molecular complexity index is 594. The van der Waals surface area contributed by atoms with Gasteiger partial charge < -0.3 is 0 Å². The van der Waals surface area contributed by atoms with Crippen molar-refractivity contribution in [2.24, 2.45) is 7.05 Å². The number of benzene rings is 1. The number of nitrogens with zero attached hydrogens (tertiary/aromatic N) is 4. The van der Waals surface area contributed by atoms with Gasteiger partial charge in [-0.1, -0.05) is 30.7 Å². The van der Waals surface area contributed by atoms with Gasteiger partial charge in [0.15, 0.2) is 5.82 Å². The van der Waals surface area contributed by atoms with Crippen LogP contribution in [-0.2, 0) is 7.05 Å². The number of hydrogen-bond donors (Lipinski definition) is 0. The molecule has 1 aliphatic heterocycles. The lowest BCUT2D eigenvalue weighted by Crippen LogP contribution is -2.32. The van der Waals surface area contributed by atoms with Crippen molar-refractivity contribution in [3.05, 3.63) is 35.7 Å². The van der Waals surface area contributed by atoms with E-state index in [-0.39, 0.29) is 0 Å². The topological polar surface area (TPSA) is 34.0 Å². The molecule has 0 amide bonds. The number of hydrogen-bond acceptors (Lipinski definition) is 3. The van der Waals surface area contributed by atoms with E-state index in [0.29, 0.717) is 6.04 Å². The molecule has 0 aliphatic carbocycles. The van der Waals surface area contributed by atoms with E-state index in [1.807, 2.05) is 18.7 Å². The van der Waals surface area contributed by atoms with Gasteiger partial charge >= 0.3 is 0 Å². The molecular formula is C17H24N4. The molecule has 0 spiro atoms. The zero-order valence-electron chi connectivity index (χ0n) is 13.2. The van der Waals surface area contributed by atoms with Crippen LogP contribution in [0.1, 0.15) is 43.6 Å². The van der Waals surface area contributed by atoms with Crippen molar-refractivity contribution >= 4 is 0 Å². The van der Waals surface area contributed by atoms with E-state index >= 15 is 0 Å². The molecule has 2 aromatic rings. The van der Waals surface area contributed by atoms with Gasteiger partial charge in [0.05, 0.1) is 0 Å². The molecule has 1 saturated heterocycles. The molecule has 3 rings (SSSR count). The zero-order valence-corrected chi connectivity index (χ0v) is 13.2. The first kappa shape index (κ1) is 14.3. The molecule has 2 heterocycles. The van der Waals surface area contributed by atoms with E-state index in [0.717, 1.165) is 17.2 Å². The predicted octanol–water partition coefficient (Wildman–Crippen LogP) is 3.34. The highest BCUT2D eigenvalue weighted by atomic mass is 15.3. The van der Waals surface area contributed by atoms with Crippen molar-refractivity contribution in [2.75, 3.05) is 13.1 Å². The van der Waals surface area contributed by atoms with Crippen LogP contribution < -0.4 is 0 Å². The van der Waals surface area contributed by atoms with Crippen molar-refractivity contribution in [2.45, 2.75) is 39.2 Å². The Morgan fingerprint density at radius 1 is 1.05 bits per heavy atom. The lowest BCUT2D eigenvalue weighted by atomic mass is 10.0. The molecule has 21 heavy (non-hydrogen) atoms. The van der Waals surface area contributed by atoms with Crippen LogP contribution in [0.5, 0.6) is 0 Å². The Morgan fingerprint density at radius 3 is 2.29 bits per heavy atom. The fraction of sp³-hybridized carbons (Fsp3) is 0.529. The van der Waals surface area contributed by atoms with Crippen LogP contribution >= 0.6 is 0 Å². The summed E-state index contributed by atoms with van der Waals surface area (Å²) >= 11 is 0. The number of aryl methyl sites for hydroxylation is 2. The molecule has 0 N–H and O–H groups in total. The van der Waals surface area contributed by atoms with Crippen molar-refractivity contribution in [3.63, 3.8) is 0 Å². The molecule has 0 bridgehead atoms. The van der Waals surface area contributed by atoms with Crippen molar-refractivity contribution < 1.29 is 0 Å². The summed E-state index contributed by atoms with van der Waals surface area (Å²) in [5.74, 6) is 1.75. The summed E-state index contributed by atoms with van der Waals surface area (Å²) < 4.78 is 1.85. The van der Waals surface area contributed by atoms with Crippen molar-refractivity contribution in [1.82, 2.24) is 19.7 Å². The minimum atomic E-state index is 0.501. The molecule has 0 saturated carbocycles. The van der Waals surface area contributed by atoms with Crippen molar-refractivity contribution in [1.29, 1.82) is 0 Å². The van der Waals surface area contributed by atoms with Crippen LogP contribution in [-0.4, -0.2) is 32.8 Å². The lowest BCUT2D eigenvalue weighted by Gasteiger charge is -2.32. The summed E-state index contributed by atoms with van der Waals surface area (Å²) in [4.78, 5) is 7.07. The summed E-state index contributed by atoms with van der Waals surface area (Å²) in [6.07, 6.45) is 4.05. The first-order valence-electron chi connectivity index (χ1n) is 7.87. The second-order valence-electron chi connectivity index (χ2n) is 6.00. The highest BCUT2D eigenvalue weighted by molar-refractivity contribution is 5.55. The van der Waals surface area contributed by atoms with Crippen LogP contribution in [0.2, 0.25) is 0 Å². The summed E-state index contributed by atoms with van der Waals surface area (Å²) in [6.45, 7) is 6.69. The smallest absolute Gasteiger partial charge is 0.158 e. The average molecular weight is 284 g/mol. The second kappa shape index (κ2) is 5.98. The van der Waals surface area contributed by atoms with Gasteiger partial charge in [-0.15, -0.1) is 0 Å². The van der Waals surface area contributed by atoms with Crippen LogP contribution in [0.25, 0.3) is 11.4 Å². The maximum Gasteiger partial charge on any atom is 0.158 e. The minimum absolute atomic E-state index is 0.501. The number of rotatable bonds is 3. The van der Waals surface area contributed by atoms with Gasteiger partial charge in [0, 0.05) is 18.7 Å². The summed E-state index contributed by atoms with van der Waals surface area (Å²) in [5.41, 5.74) is 2.52. The Hall–Kier alpha value is -1.68. The first-order chi connectivity index (χ1) is 10.1. The minimum Gasteiger partial charge on any atom is -0.297 e. The molecule has 1 fully saturated rings. The average Bonchev–Trinajstić information content (AvgIpc) is 2.86. The van der Waals surface area contributed by atoms with Gasteiger partial charge in [0.25, 0.3) is 0 Å². The predicted molar refractivity (Wildman–Crippen MR) is 85.0 cm³/mol. The second-order valence-corrected chi connectivity index (χ2v) is 6.00. The molecule has 1 aromatic heterocycles. The number of likely N-dealkylation sites (tertiary alicyclic amines) is 1. The maximum atomic E-state index is 4.49. The Labute approximate surface area is 126 Å². The number of aromatic nitrogens is 3. The van der Waals surface area contributed by atoms with Gasteiger partial charge in [-0.3, -0.25) is 4.90 Å². The van der Waals surface area contributed by atoms with E-state index in [4.69, 9.17) is 0 Å². The van der Waals surface area contributed by atoms with Crippen molar-refractivity contribution in [3.8, 4) is 11.4 Å². The van der Waals surface area contributed by atoms with Crippen LogP contribution in [0.15, 0.2) is 24.3 Å². The fourth-order valence-electron chi connectivity index (χ4n) is 3.19. The monoisotopic (exact) mass is 284 g/mol. The van der Waals surface area contributed by atoms with Gasteiger partial charge in [-0.05, 0) is 45.3 Å². The molecule has 4 nitrogen and oxygen atoms in total. The van der Waals surface area contributed by atoms with E-state index in [1.165, 1.54) is 37.9 Å². The largest absolute Gasteiger partial charge is 0.297 e. The van der Waals surface area contributed by atoms with E-state index in [2.05, 4.69) is 46.2 Å². The maximum absolute atomic E-state index is 4.49. The molecular weight excluding hydrogens is 260 g/mol. The third-order valence-corrected chi connectivity index (χ3v) is 4.46. The Balaban J connectivity index is 1.78. The molecule has 112 valence electrons. The normalized spacial score (nSPS) is 17.9. The summed E-state index contributed by atoms with van der Waals surface area (Å²) in [7, 11) is 1.94. The molecule has 1 atom stereocenters.